The smallest absolute Gasteiger partial charge is 0.416 e. The molecule has 2 rings (SSSR count). The monoisotopic (exact) mass is 414 g/mol. The highest BCUT2D eigenvalue weighted by Gasteiger charge is 2.40. The second-order valence-corrected chi connectivity index (χ2v) is 6.73. The summed E-state index contributed by atoms with van der Waals surface area (Å²) in [6, 6.07) is 9.75. The molecule has 0 bridgehead atoms. The quantitative estimate of drug-likeness (QED) is 0.321. The lowest BCUT2D eigenvalue weighted by Gasteiger charge is -2.19. The molecule has 9 heteroatoms. The van der Waals surface area contributed by atoms with E-state index in [1.54, 1.807) is 0 Å². The number of ketones is 1. The van der Waals surface area contributed by atoms with Gasteiger partial charge in [-0.25, -0.2) is 4.21 Å². The second kappa shape index (κ2) is 9.11. The van der Waals surface area contributed by atoms with Crippen LogP contribution in [0, 0.1) is 0 Å². The van der Waals surface area contributed by atoms with Gasteiger partial charge in [-0.15, -0.1) is 0 Å². The molecule has 0 aliphatic heterocycles. The molecule has 0 aromatic heterocycles. The fourth-order valence-electron chi connectivity index (χ4n) is 2.68. The van der Waals surface area contributed by atoms with E-state index in [4.69, 9.17) is 9.29 Å². The maximum atomic E-state index is 13.4. The van der Waals surface area contributed by atoms with E-state index in [-0.39, 0.29) is 17.9 Å². The normalized spacial score (nSPS) is 13.6. The summed E-state index contributed by atoms with van der Waals surface area (Å²) >= 11 is -2.08. The van der Waals surface area contributed by atoms with Gasteiger partial charge in [0.05, 0.1) is 17.9 Å². The van der Waals surface area contributed by atoms with Crippen molar-refractivity contribution in [1.29, 1.82) is 0 Å². The van der Waals surface area contributed by atoms with Gasteiger partial charge in [0.15, 0.2) is 16.9 Å². The Hall–Kier alpha value is -2.52. The van der Waals surface area contributed by atoms with Crippen molar-refractivity contribution in [2.24, 2.45) is 0 Å². The SMILES string of the molecule is CCOC(=O)C(C(=O)c1ccc(CS(=O)O)cc1)c1ccccc1C(F)(F)F. The van der Waals surface area contributed by atoms with E-state index in [1.807, 2.05) is 0 Å². The first-order valence-electron chi connectivity index (χ1n) is 8.18. The van der Waals surface area contributed by atoms with E-state index in [9.17, 15) is 27.0 Å². The molecule has 2 atom stereocenters. The van der Waals surface area contributed by atoms with Crippen LogP contribution in [0.1, 0.15) is 39.9 Å². The Labute approximate surface area is 161 Å². The van der Waals surface area contributed by atoms with Gasteiger partial charge in [-0.3, -0.25) is 9.59 Å². The van der Waals surface area contributed by atoms with Crippen molar-refractivity contribution in [1.82, 2.24) is 0 Å². The van der Waals surface area contributed by atoms with E-state index in [0.717, 1.165) is 12.1 Å². The van der Waals surface area contributed by atoms with Gasteiger partial charge in [0.1, 0.15) is 5.92 Å². The summed E-state index contributed by atoms with van der Waals surface area (Å²) in [5.74, 6) is -3.88. The Morgan fingerprint density at radius 1 is 1.11 bits per heavy atom. The van der Waals surface area contributed by atoms with Crippen LogP contribution in [0.5, 0.6) is 0 Å². The summed E-state index contributed by atoms with van der Waals surface area (Å²) in [6.07, 6.45) is -4.75. The highest BCUT2D eigenvalue weighted by atomic mass is 32.2. The van der Waals surface area contributed by atoms with Crippen molar-refractivity contribution < 1.29 is 36.3 Å². The predicted molar refractivity (Wildman–Crippen MR) is 96.1 cm³/mol. The fourth-order valence-corrected chi connectivity index (χ4v) is 3.16. The van der Waals surface area contributed by atoms with E-state index in [2.05, 4.69) is 0 Å². The maximum Gasteiger partial charge on any atom is 0.416 e. The zero-order valence-electron chi connectivity index (χ0n) is 14.7. The van der Waals surface area contributed by atoms with Crippen molar-refractivity contribution >= 4 is 22.8 Å². The zero-order valence-corrected chi connectivity index (χ0v) is 15.5. The van der Waals surface area contributed by atoms with Gasteiger partial charge in [0.2, 0.25) is 0 Å². The van der Waals surface area contributed by atoms with Crippen LogP contribution in [0.4, 0.5) is 13.2 Å². The van der Waals surface area contributed by atoms with Crippen molar-refractivity contribution in [3.05, 3.63) is 70.8 Å². The molecule has 1 N–H and O–H groups in total. The fraction of sp³-hybridized carbons (Fsp3) is 0.263. The minimum atomic E-state index is -4.75. The molecule has 150 valence electrons. The summed E-state index contributed by atoms with van der Waals surface area (Å²) in [5.41, 5.74) is -1.13. The summed E-state index contributed by atoms with van der Waals surface area (Å²) in [7, 11) is 0. The minimum Gasteiger partial charge on any atom is -0.465 e. The number of carbonyl (C=O) groups is 2. The first-order valence-corrected chi connectivity index (χ1v) is 9.46. The number of Topliss-reactive ketones (excluding diaryl/α,β-unsaturated/α-hetero) is 1. The lowest BCUT2D eigenvalue weighted by molar-refractivity contribution is -0.144. The number of ether oxygens (including phenoxy) is 1. The molecular formula is C19H17F3O5S. The predicted octanol–water partition coefficient (Wildman–Crippen LogP) is 3.96. The number of alkyl halides is 3. The average molecular weight is 414 g/mol. The van der Waals surface area contributed by atoms with Gasteiger partial charge in [-0.2, -0.15) is 13.2 Å². The van der Waals surface area contributed by atoms with Crippen molar-refractivity contribution in [2.45, 2.75) is 24.8 Å². The van der Waals surface area contributed by atoms with Crippen molar-refractivity contribution in [3.8, 4) is 0 Å². The van der Waals surface area contributed by atoms with Gasteiger partial charge in [-0.05, 0) is 24.1 Å². The van der Waals surface area contributed by atoms with Crippen LogP contribution in [0.25, 0.3) is 0 Å². The number of esters is 1. The third-order valence-electron chi connectivity index (χ3n) is 3.89. The summed E-state index contributed by atoms with van der Waals surface area (Å²) in [5, 5.41) is 0. The average Bonchev–Trinajstić information content (AvgIpc) is 2.62. The van der Waals surface area contributed by atoms with Crippen molar-refractivity contribution in [3.63, 3.8) is 0 Å². The Bertz CT molecular complexity index is 878. The third-order valence-corrected chi connectivity index (χ3v) is 4.47. The molecule has 0 aliphatic carbocycles. The van der Waals surface area contributed by atoms with Crippen LogP contribution < -0.4 is 0 Å². The summed E-state index contributed by atoms with van der Waals surface area (Å²) in [4.78, 5) is 25.3. The van der Waals surface area contributed by atoms with Gasteiger partial charge in [0.25, 0.3) is 0 Å². The zero-order chi connectivity index (χ0) is 20.9. The Morgan fingerprint density at radius 2 is 1.71 bits per heavy atom. The molecule has 0 aliphatic rings. The molecule has 0 spiro atoms. The standard InChI is InChI=1S/C19H17F3O5S/c1-2-27-18(24)16(14-5-3-4-6-15(14)19(20,21)22)17(23)13-9-7-12(8-10-13)11-28(25)26/h3-10,16H,2,11H2,1H3,(H,25,26). The van der Waals surface area contributed by atoms with E-state index in [1.165, 1.54) is 43.3 Å². The van der Waals surface area contributed by atoms with Crippen molar-refractivity contribution in [2.75, 3.05) is 6.61 Å². The number of benzene rings is 2. The molecule has 0 amide bonds. The molecule has 2 aromatic carbocycles. The Kier molecular flexibility index (Phi) is 7.09. The first kappa shape index (κ1) is 21.8. The molecule has 28 heavy (non-hydrogen) atoms. The van der Waals surface area contributed by atoms with Crippen LogP contribution in [0.15, 0.2) is 48.5 Å². The Balaban J connectivity index is 2.49. The number of rotatable bonds is 7. The van der Waals surface area contributed by atoms with Crippen LogP contribution >= 0.6 is 0 Å². The van der Waals surface area contributed by atoms with Gasteiger partial charge >= 0.3 is 12.1 Å². The lowest BCUT2D eigenvalue weighted by Crippen LogP contribution is -2.27. The Morgan fingerprint density at radius 3 is 2.25 bits per heavy atom. The summed E-state index contributed by atoms with van der Waals surface area (Å²) in [6.45, 7) is 1.39. The van der Waals surface area contributed by atoms with Gasteiger partial charge in [0, 0.05) is 5.56 Å². The topological polar surface area (TPSA) is 80.7 Å². The summed E-state index contributed by atoms with van der Waals surface area (Å²) < 4.78 is 64.7. The van der Waals surface area contributed by atoms with Gasteiger partial charge in [-0.1, -0.05) is 42.5 Å². The molecule has 5 nitrogen and oxygen atoms in total. The molecule has 0 saturated carbocycles. The lowest BCUT2D eigenvalue weighted by atomic mass is 9.87. The van der Waals surface area contributed by atoms with Crippen LogP contribution in [-0.2, 0) is 32.5 Å². The largest absolute Gasteiger partial charge is 0.465 e. The first-order chi connectivity index (χ1) is 13.1. The second-order valence-electron chi connectivity index (χ2n) is 5.80. The molecule has 0 heterocycles. The molecule has 2 aromatic rings. The third kappa shape index (κ3) is 5.26. The van der Waals surface area contributed by atoms with Crippen LogP contribution in [0.2, 0.25) is 0 Å². The molecule has 2 unspecified atom stereocenters. The number of hydrogen-bond acceptors (Lipinski definition) is 4. The number of carbonyl (C=O) groups excluding carboxylic acids is 2. The van der Waals surface area contributed by atoms with E-state index < -0.39 is 46.1 Å². The van der Waals surface area contributed by atoms with Crippen LogP contribution in [0.3, 0.4) is 0 Å². The molecule has 0 fully saturated rings. The number of halogens is 3. The highest BCUT2D eigenvalue weighted by molar-refractivity contribution is 7.78. The van der Waals surface area contributed by atoms with Gasteiger partial charge < -0.3 is 9.29 Å². The molecule has 0 saturated heterocycles. The number of hydrogen-bond donors (Lipinski definition) is 1. The maximum absolute atomic E-state index is 13.4. The van der Waals surface area contributed by atoms with Crippen LogP contribution in [-0.4, -0.2) is 27.1 Å². The molecule has 0 radical (unpaired) electrons. The van der Waals surface area contributed by atoms with E-state index in [0.29, 0.717) is 5.56 Å². The molecular weight excluding hydrogens is 397 g/mol. The highest BCUT2D eigenvalue weighted by Crippen LogP contribution is 2.36. The van der Waals surface area contributed by atoms with E-state index >= 15 is 0 Å². The minimum absolute atomic E-state index is 0.0116.